The number of aromatic nitrogens is 3. The van der Waals surface area contributed by atoms with Gasteiger partial charge in [0.25, 0.3) is 0 Å². The second-order valence-corrected chi connectivity index (χ2v) is 5.78. The van der Waals surface area contributed by atoms with Crippen molar-refractivity contribution in [2.75, 3.05) is 26.1 Å². The van der Waals surface area contributed by atoms with Gasteiger partial charge >= 0.3 is 0 Å². The summed E-state index contributed by atoms with van der Waals surface area (Å²) in [6, 6.07) is 6.18. The van der Waals surface area contributed by atoms with Gasteiger partial charge in [0.05, 0.1) is 13.2 Å². The van der Waals surface area contributed by atoms with Crippen molar-refractivity contribution >= 4 is 11.8 Å². The summed E-state index contributed by atoms with van der Waals surface area (Å²) in [6.45, 7) is 6.20. The van der Waals surface area contributed by atoms with Gasteiger partial charge in [-0.25, -0.2) is 0 Å². The summed E-state index contributed by atoms with van der Waals surface area (Å²) in [7, 11) is 1.69. The van der Waals surface area contributed by atoms with Crippen molar-refractivity contribution < 1.29 is 9.47 Å². The standard InChI is InChI=1S/C15H21N3O2S/c1-12-5-4-6-13(2)14(12)20-9-10-21-15-17-16-11-18(15)7-8-19-3/h4-6,11H,7-10H2,1-3H3. The van der Waals surface area contributed by atoms with Gasteiger partial charge in [-0.15, -0.1) is 10.2 Å². The smallest absolute Gasteiger partial charge is 0.191 e. The van der Waals surface area contributed by atoms with Gasteiger partial charge in [-0.05, 0) is 25.0 Å². The van der Waals surface area contributed by atoms with Crippen LogP contribution in [0.15, 0.2) is 29.7 Å². The molecule has 0 aliphatic carbocycles. The van der Waals surface area contributed by atoms with E-state index in [4.69, 9.17) is 9.47 Å². The van der Waals surface area contributed by atoms with E-state index in [1.54, 1.807) is 25.2 Å². The molecule has 1 aromatic heterocycles. The Kier molecular flexibility index (Phi) is 6.07. The molecule has 114 valence electrons. The van der Waals surface area contributed by atoms with Crippen LogP contribution < -0.4 is 4.74 Å². The Morgan fingerprint density at radius 1 is 1.19 bits per heavy atom. The van der Waals surface area contributed by atoms with Gasteiger partial charge in [-0.1, -0.05) is 30.0 Å². The molecule has 5 nitrogen and oxygen atoms in total. The van der Waals surface area contributed by atoms with Crippen LogP contribution in [0.3, 0.4) is 0 Å². The third kappa shape index (κ3) is 4.47. The Bertz CT molecular complexity index is 552. The molecule has 0 saturated heterocycles. The largest absolute Gasteiger partial charge is 0.492 e. The molecule has 2 aromatic rings. The van der Waals surface area contributed by atoms with Gasteiger partial charge in [0.1, 0.15) is 12.1 Å². The van der Waals surface area contributed by atoms with Crippen LogP contribution in [-0.2, 0) is 11.3 Å². The van der Waals surface area contributed by atoms with Crippen molar-refractivity contribution in [3.05, 3.63) is 35.7 Å². The summed E-state index contributed by atoms with van der Waals surface area (Å²) in [4.78, 5) is 0. The molecule has 0 bridgehead atoms. The minimum absolute atomic E-state index is 0.646. The molecule has 0 unspecified atom stereocenters. The predicted octanol–water partition coefficient (Wildman–Crippen LogP) is 2.71. The van der Waals surface area contributed by atoms with Gasteiger partial charge in [0.15, 0.2) is 5.16 Å². The van der Waals surface area contributed by atoms with Crippen LogP contribution in [0.1, 0.15) is 11.1 Å². The minimum atomic E-state index is 0.646. The van der Waals surface area contributed by atoms with E-state index in [0.717, 1.165) is 23.2 Å². The molecule has 0 aliphatic rings. The molecule has 0 saturated carbocycles. The van der Waals surface area contributed by atoms with E-state index in [0.29, 0.717) is 13.2 Å². The van der Waals surface area contributed by atoms with E-state index < -0.39 is 0 Å². The molecule has 21 heavy (non-hydrogen) atoms. The fraction of sp³-hybridized carbons (Fsp3) is 0.467. The highest BCUT2D eigenvalue weighted by Gasteiger charge is 2.06. The van der Waals surface area contributed by atoms with E-state index in [9.17, 15) is 0 Å². The maximum atomic E-state index is 5.88. The summed E-state index contributed by atoms with van der Waals surface area (Å²) in [5.74, 6) is 1.82. The fourth-order valence-corrected chi connectivity index (χ4v) is 2.76. The molecule has 0 radical (unpaired) electrons. The van der Waals surface area contributed by atoms with Crippen molar-refractivity contribution in [2.24, 2.45) is 0 Å². The zero-order valence-electron chi connectivity index (χ0n) is 12.7. The molecule has 0 atom stereocenters. The highest BCUT2D eigenvalue weighted by atomic mass is 32.2. The van der Waals surface area contributed by atoms with Gasteiger partial charge in [0.2, 0.25) is 0 Å². The average Bonchev–Trinajstić information content (AvgIpc) is 2.91. The zero-order chi connectivity index (χ0) is 15.1. The molecular formula is C15H21N3O2S. The highest BCUT2D eigenvalue weighted by Crippen LogP contribution is 2.23. The maximum Gasteiger partial charge on any atom is 0.191 e. The summed E-state index contributed by atoms with van der Waals surface area (Å²) in [6.07, 6.45) is 1.73. The normalized spacial score (nSPS) is 10.8. The van der Waals surface area contributed by atoms with Crippen molar-refractivity contribution in [1.29, 1.82) is 0 Å². The molecule has 6 heteroatoms. The SMILES string of the molecule is COCCn1cnnc1SCCOc1c(C)cccc1C. The first-order valence-electron chi connectivity index (χ1n) is 6.91. The maximum absolute atomic E-state index is 5.88. The van der Waals surface area contributed by atoms with E-state index >= 15 is 0 Å². The van der Waals surface area contributed by atoms with Crippen LogP contribution in [0, 0.1) is 13.8 Å². The van der Waals surface area contributed by atoms with Crippen LogP contribution in [0.4, 0.5) is 0 Å². The summed E-state index contributed by atoms with van der Waals surface area (Å²) < 4.78 is 12.9. The third-order valence-corrected chi connectivity index (χ3v) is 4.03. The summed E-state index contributed by atoms with van der Waals surface area (Å²) in [5, 5.41) is 8.95. The van der Waals surface area contributed by atoms with Crippen LogP contribution >= 0.6 is 11.8 Å². The highest BCUT2D eigenvalue weighted by molar-refractivity contribution is 7.99. The first-order chi connectivity index (χ1) is 10.2. The molecule has 2 rings (SSSR count). The monoisotopic (exact) mass is 307 g/mol. The van der Waals surface area contributed by atoms with Gasteiger partial charge < -0.3 is 14.0 Å². The molecular weight excluding hydrogens is 286 g/mol. The van der Waals surface area contributed by atoms with Gasteiger partial charge in [-0.2, -0.15) is 0 Å². The third-order valence-electron chi connectivity index (χ3n) is 3.09. The number of hydrogen-bond acceptors (Lipinski definition) is 5. The first kappa shape index (κ1) is 15.9. The number of rotatable bonds is 8. The second-order valence-electron chi connectivity index (χ2n) is 4.72. The number of aryl methyl sites for hydroxylation is 2. The lowest BCUT2D eigenvalue weighted by atomic mass is 10.1. The van der Waals surface area contributed by atoms with Crippen LogP contribution in [0.5, 0.6) is 5.75 Å². The number of thioether (sulfide) groups is 1. The van der Waals surface area contributed by atoms with Crippen LogP contribution in [0.2, 0.25) is 0 Å². The number of hydrogen-bond donors (Lipinski definition) is 0. The molecule has 1 aromatic carbocycles. The van der Waals surface area contributed by atoms with Crippen molar-refractivity contribution in [3.8, 4) is 5.75 Å². The van der Waals surface area contributed by atoms with E-state index in [-0.39, 0.29) is 0 Å². The Morgan fingerprint density at radius 2 is 1.95 bits per heavy atom. The summed E-state index contributed by atoms with van der Waals surface area (Å²) in [5.41, 5.74) is 2.34. The number of methoxy groups -OCH3 is 1. The molecule has 0 fully saturated rings. The predicted molar refractivity (Wildman–Crippen MR) is 84.0 cm³/mol. The van der Waals surface area contributed by atoms with E-state index in [1.165, 1.54) is 11.1 Å². The lowest BCUT2D eigenvalue weighted by Crippen LogP contribution is -2.07. The van der Waals surface area contributed by atoms with E-state index in [2.05, 4.69) is 36.2 Å². The number of benzene rings is 1. The Hall–Kier alpha value is -1.53. The quantitative estimate of drug-likeness (QED) is 0.554. The Labute approximate surface area is 129 Å². The number of ether oxygens (including phenoxy) is 2. The fourth-order valence-electron chi connectivity index (χ4n) is 2.00. The molecule has 1 heterocycles. The zero-order valence-corrected chi connectivity index (χ0v) is 13.5. The van der Waals surface area contributed by atoms with Gasteiger partial charge in [-0.3, -0.25) is 0 Å². The van der Waals surface area contributed by atoms with E-state index in [1.807, 2.05) is 10.6 Å². The van der Waals surface area contributed by atoms with Crippen molar-refractivity contribution in [3.63, 3.8) is 0 Å². The molecule has 0 spiro atoms. The topological polar surface area (TPSA) is 49.2 Å². The molecule has 0 N–H and O–H groups in total. The lowest BCUT2D eigenvalue weighted by Gasteiger charge is -2.11. The first-order valence-corrected chi connectivity index (χ1v) is 7.89. The Balaban J connectivity index is 1.81. The second kappa shape index (κ2) is 8.05. The van der Waals surface area contributed by atoms with Crippen LogP contribution in [0.25, 0.3) is 0 Å². The molecule has 0 amide bonds. The lowest BCUT2D eigenvalue weighted by molar-refractivity contribution is 0.184. The molecule has 0 aliphatic heterocycles. The minimum Gasteiger partial charge on any atom is -0.492 e. The van der Waals surface area contributed by atoms with Gasteiger partial charge in [0, 0.05) is 19.4 Å². The number of para-hydroxylation sites is 1. The number of nitrogens with zero attached hydrogens (tertiary/aromatic N) is 3. The van der Waals surface area contributed by atoms with Crippen molar-refractivity contribution in [2.45, 2.75) is 25.5 Å². The Morgan fingerprint density at radius 3 is 2.67 bits per heavy atom. The average molecular weight is 307 g/mol. The van der Waals surface area contributed by atoms with Crippen molar-refractivity contribution in [1.82, 2.24) is 14.8 Å². The summed E-state index contributed by atoms with van der Waals surface area (Å²) >= 11 is 1.64. The van der Waals surface area contributed by atoms with Crippen LogP contribution in [-0.4, -0.2) is 40.8 Å².